The molecular weight excluding hydrogens is 580 g/mol. The Balaban J connectivity index is 3.28. The molecule has 5 unspecified atom stereocenters. The number of aliphatic hydroxyl groups excluding tert-OH is 5. The predicted octanol–water partition coefficient (Wildman–Crippen LogP) is -1.62. The highest BCUT2D eigenvalue weighted by Gasteiger charge is 2.53. The molecule has 1 aliphatic heterocycles. The molecule has 1 rings (SSSR count). The maximum Gasteiger partial charge on any atom is 0.362 e. The number of esters is 5. The van der Waals surface area contributed by atoms with Crippen molar-refractivity contribution in [3.05, 3.63) is 0 Å². The van der Waals surface area contributed by atoms with Crippen LogP contribution in [0.25, 0.3) is 0 Å². The Morgan fingerprint density at radius 3 is 1.35 bits per heavy atom. The average Bonchev–Trinajstić information content (AvgIpc) is 3.00. The largest absolute Gasteiger partial charge is 0.445 e. The van der Waals surface area contributed by atoms with Crippen molar-refractivity contribution in [3.63, 3.8) is 0 Å². The third-order valence-corrected chi connectivity index (χ3v) is 6.52. The molecule has 0 bridgehead atoms. The Morgan fingerprint density at radius 2 is 0.953 bits per heavy atom. The van der Waals surface area contributed by atoms with Gasteiger partial charge < -0.3 is 49.2 Å². The fourth-order valence-corrected chi connectivity index (χ4v) is 3.95. The summed E-state index contributed by atoms with van der Waals surface area (Å²) in [6, 6.07) is 0. The number of ketones is 1. The van der Waals surface area contributed by atoms with E-state index in [2.05, 4.69) is 11.7 Å². The van der Waals surface area contributed by atoms with Crippen LogP contribution in [-0.4, -0.2) is 124 Å². The van der Waals surface area contributed by atoms with Gasteiger partial charge in [-0.2, -0.15) is 0 Å². The van der Waals surface area contributed by atoms with Crippen molar-refractivity contribution in [3.8, 4) is 0 Å². The third kappa shape index (κ3) is 11.4. The number of rotatable bonds is 16. The van der Waals surface area contributed by atoms with Crippen LogP contribution in [0.15, 0.2) is 0 Å². The van der Waals surface area contributed by atoms with E-state index in [1.807, 2.05) is 0 Å². The van der Waals surface area contributed by atoms with Crippen molar-refractivity contribution in [1.29, 1.82) is 0 Å². The van der Waals surface area contributed by atoms with Crippen molar-refractivity contribution in [1.82, 2.24) is 0 Å². The van der Waals surface area contributed by atoms with E-state index in [1.165, 1.54) is 0 Å². The molecule has 0 aromatic carbocycles. The molecule has 5 atom stereocenters. The van der Waals surface area contributed by atoms with Crippen LogP contribution in [0.4, 0.5) is 0 Å². The van der Waals surface area contributed by atoms with Crippen LogP contribution in [0.2, 0.25) is 0 Å². The minimum atomic E-state index is -3.12. The Bertz CT molecular complexity index is 932. The topological polar surface area (TPSA) is 250 Å². The molecule has 0 spiro atoms. The van der Waals surface area contributed by atoms with E-state index in [4.69, 9.17) is 18.9 Å². The number of aliphatic hydroxyl groups is 5. The molecule has 0 amide bonds. The Hall–Kier alpha value is -3.18. The lowest BCUT2D eigenvalue weighted by atomic mass is 9.94. The van der Waals surface area contributed by atoms with E-state index in [0.717, 1.165) is 44.9 Å². The second-order valence-corrected chi connectivity index (χ2v) is 9.81. The first-order chi connectivity index (χ1) is 20.5. The van der Waals surface area contributed by atoms with E-state index in [-0.39, 0.29) is 6.42 Å². The monoisotopic (exact) mass is 622 g/mol. The summed E-state index contributed by atoms with van der Waals surface area (Å²) in [6.07, 6.45) is -1.30. The van der Waals surface area contributed by atoms with Gasteiger partial charge in [0.2, 0.25) is 24.4 Å². The Labute approximate surface area is 248 Å². The van der Waals surface area contributed by atoms with E-state index in [0.29, 0.717) is 6.42 Å². The molecular formula is C27H42O16. The standard InChI is InChI=1S/C27H42O16/c1-2-3-4-5-6-7-8-9-10-11-21(33)27(16-32)26(38)42-19(14-30)24(36)40-17(12-28)22(34)39-18(13-29)23(35)41-20(15-31)25(37)43-27/h17-20,28-32H,2-16H2,1H3. The molecule has 43 heavy (non-hydrogen) atoms. The lowest BCUT2D eigenvalue weighted by Crippen LogP contribution is -2.57. The molecule has 1 saturated heterocycles. The number of hydrogen-bond acceptors (Lipinski definition) is 16. The number of unbranched alkanes of at least 4 members (excludes halogenated alkanes) is 8. The molecule has 0 saturated carbocycles. The third-order valence-electron chi connectivity index (χ3n) is 6.52. The van der Waals surface area contributed by atoms with Crippen LogP contribution in [0.3, 0.4) is 0 Å². The number of cyclic esters (lactones) is 5. The van der Waals surface area contributed by atoms with Gasteiger partial charge in [-0.25, -0.2) is 24.0 Å². The van der Waals surface area contributed by atoms with Gasteiger partial charge in [0.05, 0.1) is 26.4 Å². The van der Waals surface area contributed by atoms with Crippen molar-refractivity contribution in [2.75, 3.05) is 33.0 Å². The number of hydrogen-bond donors (Lipinski definition) is 5. The SMILES string of the molecule is CCCCCCCCCCCC(=O)C1(CO)OC(=O)C(CO)OC(=O)C(CO)OC(=O)C(CO)OC(=O)C(CO)OC1=O. The first kappa shape index (κ1) is 37.8. The zero-order valence-electron chi connectivity index (χ0n) is 24.1. The van der Waals surface area contributed by atoms with E-state index in [1.54, 1.807) is 0 Å². The molecule has 16 nitrogen and oxygen atoms in total. The number of Topliss-reactive ketones (excluding diaryl/α,β-unsaturated/α-hetero) is 1. The van der Waals surface area contributed by atoms with Gasteiger partial charge in [-0.05, 0) is 6.42 Å². The summed E-state index contributed by atoms with van der Waals surface area (Å²) in [6.45, 7) is -4.39. The van der Waals surface area contributed by atoms with Crippen molar-refractivity contribution < 1.29 is 78.0 Å². The van der Waals surface area contributed by atoms with Crippen LogP contribution in [0.1, 0.15) is 71.1 Å². The lowest BCUT2D eigenvalue weighted by Gasteiger charge is -2.30. The molecule has 0 aromatic rings. The van der Waals surface area contributed by atoms with Crippen LogP contribution < -0.4 is 0 Å². The van der Waals surface area contributed by atoms with Crippen molar-refractivity contribution in [2.45, 2.75) is 101 Å². The summed E-state index contributed by atoms with van der Waals surface area (Å²) >= 11 is 0. The Kier molecular flexibility index (Phi) is 17.5. The van der Waals surface area contributed by atoms with Gasteiger partial charge in [0.15, 0.2) is 5.78 Å². The molecule has 246 valence electrons. The number of carbonyl (C=O) groups excluding carboxylic acids is 6. The van der Waals surface area contributed by atoms with Gasteiger partial charge >= 0.3 is 29.8 Å². The second kappa shape index (κ2) is 19.9. The molecule has 1 aliphatic rings. The molecule has 1 fully saturated rings. The molecule has 0 aliphatic carbocycles. The summed E-state index contributed by atoms with van der Waals surface area (Å²) in [5, 5.41) is 48.3. The van der Waals surface area contributed by atoms with Gasteiger partial charge in [-0.3, -0.25) is 4.79 Å². The van der Waals surface area contributed by atoms with Gasteiger partial charge in [0.25, 0.3) is 5.60 Å². The highest BCUT2D eigenvalue weighted by molar-refractivity contribution is 6.09. The Morgan fingerprint density at radius 1 is 0.581 bits per heavy atom. The van der Waals surface area contributed by atoms with E-state index in [9.17, 15) is 54.3 Å². The zero-order chi connectivity index (χ0) is 32.4. The average molecular weight is 623 g/mol. The minimum Gasteiger partial charge on any atom is -0.445 e. The van der Waals surface area contributed by atoms with Gasteiger partial charge in [0.1, 0.15) is 6.61 Å². The smallest absolute Gasteiger partial charge is 0.362 e. The maximum absolute atomic E-state index is 13.3. The second-order valence-electron chi connectivity index (χ2n) is 9.81. The summed E-state index contributed by atoms with van der Waals surface area (Å²) < 4.78 is 23.9. The van der Waals surface area contributed by atoms with Crippen molar-refractivity contribution >= 4 is 35.6 Å². The number of ether oxygens (including phenoxy) is 5. The van der Waals surface area contributed by atoms with Gasteiger partial charge in [-0.15, -0.1) is 0 Å². The van der Waals surface area contributed by atoms with E-state index >= 15 is 0 Å². The van der Waals surface area contributed by atoms with Crippen LogP contribution >= 0.6 is 0 Å². The molecule has 0 radical (unpaired) electrons. The quantitative estimate of drug-likeness (QED) is 0.0561. The highest BCUT2D eigenvalue weighted by Crippen LogP contribution is 2.23. The van der Waals surface area contributed by atoms with Gasteiger partial charge in [0, 0.05) is 6.42 Å². The lowest BCUT2D eigenvalue weighted by molar-refractivity contribution is -0.204. The first-order valence-corrected chi connectivity index (χ1v) is 14.2. The summed E-state index contributed by atoms with van der Waals surface area (Å²) in [5.74, 6) is -9.48. The normalized spacial score (nSPS) is 25.9. The molecule has 5 N–H and O–H groups in total. The minimum absolute atomic E-state index is 0.208. The number of carbonyl (C=O) groups is 6. The molecule has 1 heterocycles. The van der Waals surface area contributed by atoms with Crippen LogP contribution in [0, 0.1) is 0 Å². The summed E-state index contributed by atoms with van der Waals surface area (Å²) in [4.78, 5) is 76.6. The fraction of sp³-hybridized carbons (Fsp3) is 0.778. The fourth-order valence-electron chi connectivity index (χ4n) is 3.95. The van der Waals surface area contributed by atoms with Crippen molar-refractivity contribution in [2.24, 2.45) is 0 Å². The van der Waals surface area contributed by atoms with E-state index < -0.39 is 105 Å². The molecule has 0 aromatic heterocycles. The summed E-state index contributed by atoms with van der Waals surface area (Å²) in [5.41, 5.74) is -3.12. The maximum atomic E-state index is 13.3. The molecule has 16 heteroatoms. The van der Waals surface area contributed by atoms with Gasteiger partial charge in [-0.1, -0.05) is 58.3 Å². The van der Waals surface area contributed by atoms with Crippen LogP contribution in [0.5, 0.6) is 0 Å². The zero-order valence-corrected chi connectivity index (χ0v) is 24.1. The first-order valence-electron chi connectivity index (χ1n) is 14.2. The van der Waals surface area contributed by atoms with Crippen LogP contribution in [-0.2, 0) is 52.5 Å². The summed E-state index contributed by atoms with van der Waals surface area (Å²) in [7, 11) is 0. The highest BCUT2D eigenvalue weighted by atomic mass is 16.7. The predicted molar refractivity (Wildman–Crippen MR) is 141 cm³/mol.